The van der Waals surface area contributed by atoms with Crippen molar-refractivity contribution in [2.75, 3.05) is 6.54 Å². The highest BCUT2D eigenvalue weighted by Gasteiger charge is 2.29. The van der Waals surface area contributed by atoms with Crippen molar-refractivity contribution in [2.24, 2.45) is 5.92 Å². The normalized spacial score (nSPS) is 14.4. The molecule has 1 aliphatic carbocycles. The van der Waals surface area contributed by atoms with E-state index in [9.17, 15) is 9.59 Å². The van der Waals surface area contributed by atoms with Gasteiger partial charge >= 0.3 is 5.97 Å². The fourth-order valence-corrected chi connectivity index (χ4v) is 2.16. The molecule has 0 aliphatic heterocycles. The van der Waals surface area contributed by atoms with Crippen molar-refractivity contribution in [3.05, 3.63) is 30.1 Å². The summed E-state index contributed by atoms with van der Waals surface area (Å²) < 4.78 is 1.91. The van der Waals surface area contributed by atoms with E-state index in [2.05, 4.69) is 10.3 Å². The zero-order chi connectivity index (χ0) is 14.1. The van der Waals surface area contributed by atoms with Crippen LogP contribution in [0.2, 0.25) is 0 Å². The number of carbonyl (C=O) groups is 2. The Morgan fingerprint density at radius 1 is 1.40 bits per heavy atom. The Labute approximate surface area is 115 Å². The van der Waals surface area contributed by atoms with Gasteiger partial charge in [0.05, 0.1) is 22.9 Å². The second-order valence-corrected chi connectivity index (χ2v) is 5.01. The van der Waals surface area contributed by atoms with Crippen LogP contribution in [0.5, 0.6) is 0 Å². The molecule has 0 saturated heterocycles. The number of nitrogens with one attached hydrogen (secondary N) is 1. The topological polar surface area (TPSA) is 84.2 Å². The largest absolute Gasteiger partial charge is 0.478 e. The number of fused-ring (bicyclic) bond motifs is 1. The quantitative estimate of drug-likeness (QED) is 0.859. The summed E-state index contributed by atoms with van der Waals surface area (Å²) in [5.74, 6) is -0.617. The van der Waals surface area contributed by atoms with Crippen LogP contribution in [-0.2, 0) is 11.3 Å². The number of nitrogens with zero attached hydrogens (tertiary/aromatic N) is 2. The molecule has 6 heteroatoms. The van der Waals surface area contributed by atoms with Gasteiger partial charge in [0.25, 0.3) is 0 Å². The molecule has 1 fully saturated rings. The summed E-state index contributed by atoms with van der Waals surface area (Å²) in [5, 5.41) is 11.8. The Kier molecular flexibility index (Phi) is 3.14. The molecule has 1 amide bonds. The van der Waals surface area contributed by atoms with E-state index in [1.54, 1.807) is 24.5 Å². The van der Waals surface area contributed by atoms with Gasteiger partial charge in [0, 0.05) is 19.0 Å². The summed E-state index contributed by atoms with van der Waals surface area (Å²) in [6.45, 7) is 1.18. The Hall–Kier alpha value is -2.37. The average Bonchev–Trinajstić information content (AvgIpc) is 3.21. The third-order valence-electron chi connectivity index (χ3n) is 3.47. The minimum Gasteiger partial charge on any atom is -0.478 e. The molecule has 2 N–H and O–H groups in total. The van der Waals surface area contributed by atoms with Crippen molar-refractivity contribution in [3.8, 4) is 0 Å². The Morgan fingerprint density at radius 2 is 2.20 bits per heavy atom. The third-order valence-corrected chi connectivity index (χ3v) is 3.47. The molecule has 2 aromatic rings. The number of aromatic carboxylic acids is 1. The predicted molar refractivity (Wildman–Crippen MR) is 72.4 cm³/mol. The molecule has 1 saturated carbocycles. The van der Waals surface area contributed by atoms with Crippen molar-refractivity contribution in [1.82, 2.24) is 14.9 Å². The highest BCUT2D eigenvalue weighted by molar-refractivity contribution is 5.92. The molecule has 20 heavy (non-hydrogen) atoms. The maximum absolute atomic E-state index is 11.5. The fourth-order valence-electron chi connectivity index (χ4n) is 2.16. The first-order valence-electron chi connectivity index (χ1n) is 6.61. The van der Waals surface area contributed by atoms with E-state index >= 15 is 0 Å². The molecule has 3 rings (SSSR count). The van der Waals surface area contributed by atoms with Crippen LogP contribution in [-0.4, -0.2) is 33.1 Å². The molecule has 0 spiro atoms. The van der Waals surface area contributed by atoms with Gasteiger partial charge in [-0.25, -0.2) is 9.78 Å². The molecule has 1 aromatic heterocycles. The smallest absolute Gasteiger partial charge is 0.335 e. The highest BCUT2D eigenvalue weighted by atomic mass is 16.4. The van der Waals surface area contributed by atoms with Gasteiger partial charge in [-0.3, -0.25) is 4.79 Å². The molecule has 0 unspecified atom stereocenters. The second-order valence-electron chi connectivity index (χ2n) is 5.01. The summed E-state index contributed by atoms with van der Waals surface area (Å²) in [5.41, 5.74) is 1.75. The average molecular weight is 273 g/mol. The summed E-state index contributed by atoms with van der Waals surface area (Å²) in [6, 6.07) is 4.86. The van der Waals surface area contributed by atoms with E-state index in [4.69, 9.17) is 5.11 Å². The fraction of sp³-hybridized carbons (Fsp3) is 0.357. The van der Waals surface area contributed by atoms with Gasteiger partial charge in [0.2, 0.25) is 5.91 Å². The summed E-state index contributed by atoms with van der Waals surface area (Å²) in [4.78, 5) is 26.6. The Morgan fingerprint density at radius 3 is 2.90 bits per heavy atom. The van der Waals surface area contributed by atoms with Gasteiger partial charge in [-0.1, -0.05) is 0 Å². The van der Waals surface area contributed by atoms with Crippen LogP contribution in [0.3, 0.4) is 0 Å². The number of rotatable bonds is 5. The molecular formula is C14H15N3O3. The number of carbonyl (C=O) groups excluding carboxylic acids is 1. The number of carboxylic acid groups (broad SMARTS) is 1. The maximum atomic E-state index is 11.5. The highest BCUT2D eigenvalue weighted by Crippen LogP contribution is 2.28. The molecule has 1 aromatic carbocycles. The molecular weight excluding hydrogens is 258 g/mol. The first-order valence-corrected chi connectivity index (χ1v) is 6.61. The first kappa shape index (κ1) is 12.7. The minimum absolute atomic E-state index is 0.127. The number of benzene rings is 1. The predicted octanol–water partition coefficient (Wildman–Crippen LogP) is 1.26. The zero-order valence-electron chi connectivity index (χ0n) is 10.9. The van der Waals surface area contributed by atoms with E-state index in [0.29, 0.717) is 18.6 Å². The van der Waals surface area contributed by atoms with E-state index in [1.807, 2.05) is 4.57 Å². The number of imidazole rings is 1. The molecule has 6 nitrogen and oxygen atoms in total. The number of aromatic nitrogens is 2. The Balaban J connectivity index is 1.68. The van der Waals surface area contributed by atoms with Crippen molar-refractivity contribution in [2.45, 2.75) is 19.4 Å². The van der Waals surface area contributed by atoms with Gasteiger partial charge in [-0.05, 0) is 31.0 Å². The van der Waals surface area contributed by atoms with Gasteiger partial charge in [-0.15, -0.1) is 0 Å². The van der Waals surface area contributed by atoms with Crippen molar-refractivity contribution in [1.29, 1.82) is 0 Å². The van der Waals surface area contributed by atoms with Crippen LogP contribution in [0.4, 0.5) is 0 Å². The van der Waals surface area contributed by atoms with E-state index < -0.39 is 5.97 Å². The lowest BCUT2D eigenvalue weighted by Crippen LogP contribution is -2.28. The number of amides is 1. The van der Waals surface area contributed by atoms with Crippen LogP contribution < -0.4 is 5.32 Å². The first-order chi connectivity index (χ1) is 9.65. The number of carboxylic acids is 1. The van der Waals surface area contributed by atoms with E-state index in [1.165, 1.54) is 0 Å². The van der Waals surface area contributed by atoms with E-state index in [-0.39, 0.29) is 17.4 Å². The van der Waals surface area contributed by atoms with Crippen molar-refractivity contribution < 1.29 is 14.7 Å². The van der Waals surface area contributed by atoms with Gasteiger partial charge in [0.15, 0.2) is 0 Å². The van der Waals surface area contributed by atoms with Crippen LogP contribution in [0.25, 0.3) is 11.0 Å². The minimum atomic E-state index is -0.960. The summed E-state index contributed by atoms with van der Waals surface area (Å²) in [6.07, 6.45) is 3.66. The van der Waals surface area contributed by atoms with Crippen LogP contribution >= 0.6 is 0 Å². The van der Waals surface area contributed by atoms with Gasteiger partial charge in [0.1, 0.15) is 0 Å². The monoisotopic (exact) mass is 273 g/mol. The van der Waals surface area contributed by atoms with Gasteiger partial charge in [-0.2, -0.15) is 0 Å². The second kappa shape index (κ2) is 4.96. The van der Waals surface area contributed by atoms with Crippen molar-refractivity contribution in [3.63, 3.8) is 0 Å². The molecule has 104 valence electrons. The molecule has 0 radical (unpaired) electrons. The van der Waals surface area contributed by atoms with Gasteiger partial charge < -0.3 is 15.0 Å². The van der Waals surface area contributed by atoms with Crippen molar-refractivity contribution >= 4 is 22.9 Å². The summed E-state index contributed by atoms with van der Waals surface area (Å²) in [7, 11) is 0. The van der Waals surface area contributed by atoms with E-state index in [0.717, 1.165) is 18.4 Å². The number of hydrogen-bond donors (Lipinski definition) is 2. The van der Waals surface area contributed by atoms with Crippen LogP contribution in [0, 0.1) is 5.92 Å². The lowest BCUT2D eigenvalue weighted by atomic mass is 10.2. The number of hydrogen-bond acceptors (Lipinski definition) is 3. The zero-order valence-corrected chi connectivity index (χ0v) is 10.9. The lowest BCUT2D eigenvalue weighted by Gasteiger charge is -2.06. The lowest BCUT2D eigenvalue weighted by molar-refractivity contribution is -0.122. The van der Waals surface area contributed by atoms with Crippen LogP contribution in [0.15, 0.2) is 24.5 Å². The summed E-state index contributed by atoms with van der Waals surface area (Å²) >= 11 is 0. The third kappa shape index (κ3) is 2.49. The molecule has 0 atom stereocenters. The maximum Gasteiger partial charge on any atom is 0.335 e. The van der Waals surface area contributed by atoms with Crippen LogP contribution in [0.1, 0.15) is 23.2 Å². The molecule has 0 bridgehead atoms. The molecule has 1 aliphatic rings. The molecule has 1 heterocycles. The Bertz CT molecular complexity index is 673. The standard InChI is InChI=1S/C14H15N3O3/c18-13(9-1-2-9)15-5-6-17-8-16-11-7-10(14(19)20)3-4-12(11)17/h3-4,7-9H,1-2,5-6H2,(H,15,18)(H,19,20). The SMILES string of the molecule is O=C(O)c1ccc2c(c1)ncn2CCNC(=O)C1CC1.